The van der Waals surface area contributed by atoms with Crippen molar-refractivity contribution in [1.82, 2.24) is 24.5 Å². The summed E-state index contributed by atoms with van der Waals surface area (Å²) in [6.45, 7) is 17.3. The van der Waals surface area contributed by atoms with Crippen LogP contribution in [0.3, 0.4) is 0 Å². The van der Waals surface area contributed by atoms with E-state index in [2.05, 4.69) is 31.3 Å². The third-order valence-electron chi connectivity index (χ3n) is 8.05. The molecule has 1 fully saturated rings. The maximum atomic E-state index is 13.5. The number of methoxy groups -OCH3 is 1. The van der Waals surface area contributed by atoms with Gasteiger partial charge in [0.1, 0.15) is 17.5 Å². The fraction of sp³-hybridized carbons (Fsp3) is 0.667. The predicted octanol–water partition coefficient (Wildman–Crippen LogP) is 7.01. The van der Waals surface area contributed by atoms with Gasteiger partial charge in [0.2, 0.25) is 5.88 Å². The first-order chi connectivity index (χ1) is 21.3. The molecule has 0 spiro atoms. The molecule has 250 valence electrons. The fourth-order valence-electron chi connectivity index (χ4n) is 5.25. The van der Waals surface area contributed by atoms with Gasteiger partial charge in [-0.3, -0.25) is 0 Å². The Morgan fingerprint density at radius 2 is 1.84 bits per heavy atom. The van der Waals surface area contributed by atoms with Crippen LogP contribution in [0.15, 0.2) is 30.3 Å². The predicted molar refractivity (Wildman–Crippen MR) is 183 cm³/mol. The van der Waals surface area contributed by atoms with E-state index in [1.807, 2.05) is 55.8 Å². The molecule has 0 amide bonds. The van der Waals surface area contributed by atoms with E-state index in [0.717, 1.165) is 55.5 Å². The number of hydrogen-bond acceptors (Lipinski definition) is 9. The molecule has 0 bridgehead atoms. The minimum absolute atomic E-state index is 0.254. The topological polar surface area (TPSA) is 116 Å². The summed E-state index contributed by atoms with van der Waals surface area (Å²) in [5, 5.41) is 5.91. The van der Waals surface area contributed by atoms with Crippen molar-refractivity contribution >= 4 is 30.3 Å². The Balaban J connectivity index is 1.62. The van der Waals surface area contributed by atoms with Gasteiger partial charge in [-0.1, -0.05) is 57.6 Å². The van der Waals surface area contributed by atoms with E-state index in [9.17, 15) is 4.55 Å². The summed E-state index contributed by atoms with van der Waals surface area (Å²) < 4.78 is 42.0. The highest BCUT2D eigenvalue weighted by atomic mass is 32.2. The van der Waals surface area contributed by atoms with Crippen LogP contribution in [0.4, 0.5) is 0 Å². The van der Waals surface area contributed by atoms with Crippen LogP contribution in [-0.4, -0.2) is 69.8 Å². The van der Waals surface area contributed by atoms with Gasteiger partial charge in [0, 0.05) is 37.8 Å². The lowest BCUT2D eigenvalue weighted by molar-refractivity contribution is -0.164. The van der Waals surface area contributed by atoms with Crippen LogP contribution >= 0.6 is 0 Å². The van der Waals surface area contributed by atoms with Crippen LogP contribution in [0.1, 0.15) is 78.1 Å². The van der Waals surface area contributed by atoms with Crippen molar-refractivity contribution in [2.24, 2.45) is 0 Å². The first kappa shape index (κ1) is 35.8. The number of rotatable bonds is 17. The summed E-state index contributed by atoms with van der Waals surface area (Å²) in [5.74, 6) is 1.21. The Bertz CT molecular complexity index is 1370. The molecule has 1 aliphatic rings. The lowest BCUT2D eigenvalue weighted by Gasteiger charge is -2.28. The molecule has 0 saturated carbocycles. The number of benzene rings is 1. The summed E-state index contributed by atoms with van der Waals surface area (Å²) >= 11 is -1.32. The first-order valence-electron chi connectivity index (χ1n) is 16.3. The SMILES string of the molecule is CCC1(CCCCC[C@H](N[S@+]([O-])C(C)(C)C)c2nc(-c3cc4ccccc4nc3OC)nn2COCC[Si](C)(C)C)OCCO1. The molecule has 3 aromatic rings. The maximum Gasteiger partial charge on any atom is 0.225 e. The summed E-state index contributed by atoms with van der Waals surface area (Å²) in [4.78, 5) is 9.80. The summed E-state index contributed by atoms with van der Waals surface area (Å²) in [6, 6.07) is 10.7. The summed E-state index contributed by atoms with van der Waals surface area (Å²) in [6.07, 6.45) is 5.35. The van der Waals surface area contributed by atoms with E-state index in [4.69, 9.17) is 34.0 Å². The zero-order valence-electron chi connectivity index (χ0n) is 28.5. The van der Waals surface area contributed by atoms with Gasteiger partial charge in [-0.2, -0.15) is 0 Å². The number of nitrogens with zero attached hydrogens (tertiary/aromatic N) is 4. The van der Waals surface area contributed by atoms with Crippen molar-refractivity contribution < 1.29 is 23.5 Å². The second-order valence-corrected chi connectivity index (χ2v) is 21.6. The minimum atomic E-state index is -1.32. The van der Waals surface area contributed by atoms with Gasteiger partial charge in [-0.15, -0.1) is 9.82 Å². The highest BCUT2D eigenvalue weighted by Gasteiger charge is 2.35. The quantitative estimate of drug-likeness (QED) is 0.0928. The number of aromatic nitrogens is 4. The molecular weight excluding hydrogens is 607 g/mol. The number of unbranched alkanes of at least 4 members (excludes halogenated alkanes) is 2. The van der Waals surface area contributed by atoms with E-state index >= 15 is 0 Å². The highest BCUT2D eigenvalue weighted by molar-refractivity contribution is 7.90. The molecule has 0 radical (unpaired) electrons. The standard InChI is InChI=1S/C33H53N5O5SSi/c1-9-33(42-19-20-43-33)18-14-10-11-17-28(37-44(39)32(2,3)4)30-35-29(36-38(30)24-41-21-22-45(6,7)8)26-23-25-15-12-13-16-27(25)34-31(26)40-5/h12-13,15-16,23,28,37H,9-11,14,17-22,24H2,1-8H3/t28-,44+/m0/s1. The Hall–Kier alpha value is -2.06. The van der Waals surface area contributed by atoms with Crippen molar-refractivity contribution in [3.63, 3.8) is 0 Å². The van der Waals surface area contributed by atoms with Crippen LogP contribution in [-0.2, 0) is 32.3 Å². The van der Waals surface area contributed by atoms with E-state index < -0.39 is 30.0 Å². The molecular formula is C33H53N5O5SSi. The third-order valence-corrected chi connectivity index (χ3v) is 11.4. The fourth-order valence-corrected chi connectivity index (χ4v) is 6.84. The average molecular weight is 660 g/mol. The van der Waals surface area contributed by atoms with Gasteiger partial charge in [-0.25, -0.2) is 14.6 Å². The van der Waals surface area contributed by atoms with Crippen molar-refractivity contribution in [3.05, 3.63) is 36.2 Å². The Labute approximate surface area is 273 Å². The van der Waals surface area contributed by atoms with E-state index in [1.165, 1.54) is 0 Å². The van der Waals surface area contributed by atoms with E-state index in [1.54, 1.807) is 7.11 Å². The molecule has 4 rings (SSSR count). The zero-order valence-corrected chi connectivity index (χ0v) is 30.3. The number of ether oxygens (including phenoxy) is 4. The molecule has 10 nitrogen and oxygen atoms in total. The average Bonchev–Trinajstić information content (AvgIpc) is 3.64. The highest BCUT2D eigenvalue weighted by Crippen LogP contribution is 2.33. The van der Waals surface area contributed by atoms with E-state index in [0.29, 0.717) is 42.9 Å². The van der Waals surface area contributed by atoms with Crippen LogP contribution in [0.2, 0.25) is 25.7 Å². The van der Waals surface area contributed by atoms with Gasteiger partial charge >= 0.3 is 0 Å². The largest absolute Gasteiger partial charge is 0.598 e. The molecule has 1 aromatic carbocycles. The van der Waals surface area contributed by atoms with Crippen molar-refractivity contribution in [2.75, 3.05) is 26.9 Å². The molecule has 0 aliphatic carbocycles. The smallest absolute Gasteiger partial charge is 0.225 e. The van der Waals surface area contributed by atoms with Crippen molar-refractivity contribution in [3.8, 4) is 17.3 Å². The zero-order chi connectivity index (χ0) is 32.7. The molecule has 3 heterocycles. The van der Waals surface area contributed by atoms with Crippen LogP contribution < -0.4 is 9.46 Å². The molecule has 12 heteroatoms. The van der Waals surface area contributed by atoms with Gasteiger partial charge in [-0.05, 0) is 58.2 Å². The maximum absolute atomic E-state index is 13.5. The van der Waals surface area contributed by atoms with E-state index in [-0.39, 0.29) is 12.8 Å². The second kappa shape index (κ2) is 15.7. The van der Waals surface area contributed by atoms with Gasteiger partial charge in [0.05, 0.1) is 31.4 Å². The Morgan fingerprint density at radius 3 is 2.51 bits per heavy atom. The van der Waals surface area contributed by atoms with Crippen LogP contribution in [0, 0.1) is 0 Å². The number of fused-ring (bicyclic) bond motifs is 1. The number of para-hydroxylation sites is 1. The molecule has 0 unspecified atom stereocenters. The van der Waals surface area contributed by atoms with Crippen molar-refractivity contribution in [2.45, 2.75) is 115 Å². The molecule has 1 saturated heterocycles. The lowest BCUT2D eigenvalue weighted by atomic mass is 10.0. The number of pyridine rings is 1. The van der Waals surface area contributed by atoms with Crippen molar-refractivity contribution in [1.29, 1.82) is 0 Å². The lowest BCUT2D eigenvalue weighted by Crippen LogP contribution is -2.42. The molecule has 45 heavy (non-hydrogen) atoms. The molecule has 2 aromatic heterocycles. The normalized spacial score (nSPS) is 16.7. The van der Waals surface area contributed by atoms with Gasteiger partial charge in [0.25, 0.3) is 0 Å². The summed E-state index contributed by atoms with van der Waals surface area (Å²) in [7, 11) is 0.341. The Morgan fingerprint density at radius 1 is 1.11 bits per heavy atom. The molecule has 2 atom stereocenters. The summed E-state index contributed by atoms with van der Waals surface area (Å²) in [5.41, 5.74) is 1.54. The third kappa shape index (κ3) is 9.96. The van der Waals surface area contributed by atoms with Crippen LogP contribution in [0.5, 0.6) is 5.88 Å². The van der Waals surface area contributed by atoms with Gasteiger partial charge in [0.15, 0.2) is 17.4 Å². The van der Waals surface area contributed by atoms with Gasteiger partial charge < -0.3 is 23.5 Å². The Kier molecular flexibility index (Phi) is 12.5. The minimum Gasteiger partial charge on any atom is -0.598 e. The number of nitrogens with one attached hydrogen (secondary N) is 1. The first-order valence-corrected chi connectivity index (χ1v) is 21.1. The second-order valence-electron chi connectivity index (χ2n) is 14.0. The van der Waals surface area contributed by atoms with Crippen LogP contribution in [0.25, 0.3) is 22.3 Å². The molecule has 1 aliphatic heterocycles. The molecule has 1 N–H and O–H groups in total. The monoisotopic (exact) mass is 659 g/mol. The number of hydrogen-bond donors (Lipinski definition) is 1.